The second kappa shape index (κ2) is 10.2. The van der Waals surface area contributed by atoms with E-state index in [2.05, 4.69) is 70.0 Å². The lowest BCUT2D eigenvalue weighted by Crippen LogP contribution is -2.38. The lowest BCUT2D eigenvalue weighted by Gasteiger charge is -2.28. The molecule has 1 amide bonds. The number of thioether (sulfide) groups is 1. The molecule has 1 fully saturated rings. The van der Waals surface area contributed by atoms with Gasteiger partial charge in [-0.25, -0.2) is 0 Å². The number of hydrogen-bond donors (Lipinski definition) is 1. The number of para-hydroxylation sites is 1. The summed E-state index contributed by atoms with van der Waals surface area (Å²) >= 11 is 1.39. The van der Waals surface area contributed by atoms with Crippen molar-refractivity contribution >= 4 is 29.3 Å². The van der Waals surface area contributed by atoms with E-state index in [-0.39, 0.29) is 11.7 Å². The monoisotopic (exact) mass is 451 g/mol. The molecule has 1 N–H and O–H groups in total. The summed E-state index contributed by atoms with van der Waals surface area (Å²) in [5.74, 6) is 1.43. The van der Waals surface area contributed by atoms with Crippen LogP contribution in [0.1, 0.15) is 30.9 Å². The van der Waals surface area contributed by atoms with Gasteiger partial charge in [0.2, 0.25) is 11.9 Å². The van der Waals surface area contributed by atoms with Crippen molar-refractivity contribution in [2.75, 3.05) is 42.3 Å². The summed E-state index contributed by atoms with van der Waals surface area (Å²) in [4.78, 5) is 14.8. The van der Waals surface area contributed by atoms with E-state index in [4.69, 9.17) is 4.74 Å². The molecule has 0 radical (unpaired) electrons. The molecule has 4 rings (SSSR count). The van der Waals surface area contributed by atoms with Gasteiger partial charge in [-0.1, -0.05) is 55.9 Å². The summed E-state index contributed by atoms with van der Waals surface area (Å²) in [6, 6.07) is 16.2. The zero-order chi connectivity index (χ0) is 22.5. The largest absolute Gasteiger partial charge is 0.378 e. The Labute approximate surface area is 193 Å². The molecule has 1 aliphatic rings. The molecular weight excluding hydrogens is 422 g/mol. The van der Waals surface area contributed by atoms with Gasteiger partial charge in [0.1, 0.15) is 0 Å². The lowest BCUT2D eigenvalue weighted by atomic mass is 10.0. The average Bonchev–Trinajstić information content (AvgIpc) is 3.23. The highest BCUT2D eigenvalue weighted by molar-refractivity contribution is 7.99. The van der Waals surface area contributed by atoms with Crippen LogP contribution in [0.3, 0.4) is 0 Å². The highest BCUT2D eigenvalue weighted by Crippen LogP contribution is 2.29. The van der Waals surface area contributed by atoms with E-state index in [0.717, 1.165) is 36.0 Å². The molecule has 1 aromatic heterocycles. The van der Waals surface area contributed by atoms with Crippen LogP contribution in [-0.4, -0.2) is 52.7 Å². The Morgan fingerprint density at radius 2 is 1.81 bits per heavy atom. The predicted molar refractivity (Wildman–Crippen MR) is 129 cm³/mol. The summed E-state index contributed by atoms with van der Waals surface area (Å²) in [6.07, 6.45) is 0. The van der Waals surface area contributed by atoms with Gasteiger partial charge in [-0.05, 0) is 42.2 Å². The molecule has 0 spiro atoms. The fourth-order valence-electron chi connectivity index (χ4n) is 3.63. The molecule has 1 saturated heterocycles. The number of carbonyl (C=O) groups excluding carboxylic acids is 1. The Hall–Kier alpha value is -2.84. The number of morpholine rings is 1. The third kappa shape index (κ3) is 5.14. The van der Waals surface area contributed by atoms with Gasteiger partial charge in [-0.3, -0.25) is 9.36 Å². The third-order valence-corrected chi connectivity index (χ3v) is 6.39. The molecule has 0 atom stereocenters. The van der Waals surface area contributed by atoms with Crippen molar-refractivity contribution in [2.45, 2.75) is 31.8 Å². The van der Waals surface area contributed by atoms with Gasteiger partial charge in [-0.15, -0.1) is 10.2 Å². The van der Waals surface area contributed by atoms with Crippen molar-refractivity contribution in [3.05, 3.63) is 59.7 Å². The second-order valence-electron chi connectivity index (χ2n) is 8.12. The van der Waals surface area contributed by atoms with Gasteiger partial charge in [-0.2, -0.15) is 0 Å². The molecule has 168 valence electrons. The van der Waals surface area contributed by atoms with E-state index in [1.165, 1.54) is 17.3 Å². The normalized spacial score (nSPS) is 14.1. The number of aromatic nitrogens is 3. The molecule has 3 aromatic rings. The number of benzene rings is 2. The van der Waals surface area contributed by atoms with Crippen LogP contribution in [0.4, 0.5) is 11.6 Å². The van der Waals surface area contributed by atoms with E-state index < -0.39 is 0 Å². The van der Waals surface area contributed by atoms with Crippen molar-refractivity contribution in [2.24, 2.45) is 0 Å². The van der Waals surface area contributed by atoms with Gasteiger partial charge in [0.25, 0.3) is 0 Å². The number of nitrogens with one attached hydrogen (secondary N) is 1. The zero-order valence-electron chi connectivity index (χ0n) is 18.7. The van der Waals surface area contributed by atoms with E-state index in [9.17, 15) is 4.79 Å². The minimum atomic E-state index is -0.0699. The minimum Gasteiger partial charge on any atom is -0.378 e. The Balaban J connectivity index is 1.51. The predicted octanol–water partition coefficient (Wildman–Crippen LogP) is 4.27. The molecular formula is C24H29N5O2S. The maximum atomic E-state index is 12.6. The van der Waals surface area contributed by atoms with E-state index in [1.54, 1.807) is 0 Å². The highest BCUT2D eigenvalue weighted by Gasteiger charge is 2.23. The maximum Gasteiger partial charge on any atom is 0.234 e. The summed E-state index contributed by atoms with van der Waals surface area (Å²) in [5.41, 5.74) is 4.19. The number of amides is 1. The minimum absolute atomic E-state index is 0.0699. The summed E-state index contributed by atoms with van der Waals surface area (Å²) in [7, 11) is 0. The van der Waals surface area contributed by atoms with E-state index in [0.29, 0.717) is 24.3 Å². The van der Waals surface area contributed by atoms with Crippen molar-refractivity contribution in [3.63, 3.8) is 0 Å². The quantitative estimate of drug-likeness (QED) is 0.541. The first-order valence-corrected chi connectivity index (χ1v) is 11.9. The van der Waals surface area contributed by atoms with Gasteiger partial charge in [0, 0.05) is 18.8 Å². The summed E-state index contributed by atoms with van der Waals surface area (Å²) in [5, 5.41) is 12.6. The fraction of sp³-hybridized carbons (Fsp3) is 0.375. The maximum absolute atomic E-state index is 12.6. The average molecular weight is 452 g/mol. The second-order valence-corrected chi connectivity index (χ2v) is 9.06. The number of carbonyl (C=O) groups is 1. The molecule has 0 saturated carbocycles. The molecule has 2 heterocycles. The standard InChI is InChI=1S/C24H29N5O2S/c1-17(2)19-8-10-20(11-9-19)25-22(30)16-32-24-27-26-23(28-12-14-31-15-13-28)29(24)21-7-5-4-6-18(21)3/h4-11,17H,12-16H2,1-3H3,(H,25,30). The first-order valence-electron chi connectivity index (χ1n) is 10.9. The molecule has 1 aliphatic heterocycles. The van der Waals surface area contributed by atoms with Gasteiger partial charge < -0.3 is 15.0 Å². The fourth-order valence-corrected chi connectivity index (χ4v) is 4.37. The van der Waals surface area contributed by atoms with Crippen LogP contribution >= 0.6 is 11.8 Å². The number of rotatable bonds is 7. The molecule has 0 aliphatic carbocycles. The Kier molecular flexibility index (Phi) is 7.12. The van der Waals surface area contributed by atoms with Crippen LogP contribution in [0, 0.1) is 6.92 Å². The van der Waals surface area contributed by atoms with Crippen LogP contribution < -0.4 is 10.2 Å². The van der Waals surface area contributed by atoms with Crippen LogP contribution in [0.15, 0.2) is 53.7 Å². The zero-order valence-corrected chi connectivity index (χ0v) is 19.6. The van der Waals surface area contributed by atoms with Crippen LogP contribution in [0.5, 0.6) is 0 Å². The smallest absolute Gasteiger partial charge is 0.234 e. The van der Waals surface area contributed by atoms with Gasteiger partial charge in [0.05, 0.1) is 24.7 Å². The van der Waals surface area contributed by atoms with Crippen molar-refractivity contribution in [1.82, 2.24) is 14.8 Å². The molecule has 7 nitrogen and oxygen atoms in total. The van der Waals surface area contributed by atoms with Crippen molar-refractivity contribution < 1.29 is 9.53 Å². The Morgan fingerprint density at radius 3 is 2.50 bits per heavy atom. The lowest BCUT2D eigenvalue weighted by molar-refractivity contribution is -0.113. The van der Waals surface area contributed by atoms with Gasteiger partial charge >= 0.3 is 0 Å². The Bertz CT molecular complexity index is 1060. The van der Waals surface area contributed by atoms with Crippen LogP contribution in [0.25, 0.3) is 5.69 Å². The van der Waals surface area contributed by atoms with Crippen LogP contribution in [-0.2, 0) is 9.53 Å². The molecule has 0 bridgehead atoms. The molecule has 0 unspecified atom stereocenters. The Morgan fingerprint density at radius 1 is 1.09 bits per heavy atom. The van der Waals surface area contributed by atoms with Gasteiger partial charge in [0.15, 0.2) is 5.16 Å². The summed E-state index contributed by atoms with van der Waals surface area (Å²) in [6.45, 7) is 9.24. The van der Waals surface area contributed by atoms with Crippen LogP contribution in [0.2, 0.25) is 0 Å². The topological polar surface area (TPSA) is 72.3 Å². The molecule has 2 aromatic carbocycles. The van der Waals surface area contributed by atoms with Crippen molar-refractivity contribution in [1.29, 1.82) is 0 Å². The van der Waals surface area contributed by atoms with E-state index >= 15 is 0 Å². The highest BCUT2D eigenvalue weighted by atomic mass is 32.2. The van der Waals surface area contributed by atoms with E-state index in [1.807, 2.05) is 24.3 Å². The molecule has 8 heteroatoms. The first-order chi connectivity index (χ1) is 15.5. The number of anilines is 2. The number of ether oxygens (including phenoxy) is 1. The SMILES string of the molecule is Cc1ccccc1-n1c(SCC(=O)Nc2ccc(C(C)C)cc2)nnc1N1CCOCC1. The summed E-state index contributed by atoms with van der Waals surface area (Å²) < 4.78 is 7.55. The number of hydrogen-bond acceptors (Lipinski definition) is 6. The number of aryl methyl sites for hydroxylation is 1. The van der Waals surface area contributed by atoms with Crippen molar-refractivity contribution in [3.8, 4) is 5.69 Å². The third-order valence-electron chi connectivity index (χ3n) is 5.46. The number of nitrogens with zero attached hydrogens (tertiary/aromatic N) is 4. The first kappa shape index (κ1) is 22.4. The molecule has 32 heavy (non-hydrogen) atoms.